The highest BCUT2D eigenvalue weighted by Crippen LogP contribution is 2.21. The number of hydrogen-bond donors (Lipinski definition) is 1. The van der Waals surface area contributed by atoms with Crippen LogP contribution < -0.4 is 5.32 Å². The fourth-order valence-electron chi connectivity index (χ4n) is 3.52. The van der Waals surface area contributed by atoms with Crippen molar-refractivity contribution >= 4 is 5.91 Å². The van der Waals surface area contributed by atoms with Gasteiger partial charge in [-0.1, -0.05) is 47.7 Å². The standard InChI is InChI=1S/C23H26N4O3/c1-17-22(23(28)24-13-15-29-16-21-8-5-14-30-21)25-26-27(17)20-11-9-19(10-12-20)18-6-3-2-4-7-18/h2-4,6-7,9-12,21H,5,8,13-16H2,1H3,(H,24,28). The Labute approximate surface area is 176 Å². The first-order chi connectivity index (χ1) is 14.7. The predicted octanol–water partition coefficient (Wildman–Crippen LogP) is 3.17. The van der Waals surface area contributed by atoms with Crippen LogP contribution in [-0.4, -0.2) is 53.4 Å². The van der Waals surface area contributed by atoms with Gasteiger partial charge < -0.3 is 14.8 Å². The second kappa shape index (κ2) is 9.65. The highest BCUT2D eigenvalue weighted by molar-refractivity contribution is 5.93. The number of nitrogens with one attached hydrogen (secondary N) is 1. The molecule has 0 bridgehead atoms. The van der Waals surface area contributed by atoms with E-state index < -0.39 is 0 Å². The van der Waals surface area contributed by atoms with Gasteiger partial charge in [0.05, 0.1) is 30.7 Å². The number of rotatable bonds is 8. The molecular weight excluding hydrogens is 380 g/mol. The first-order valence-corrected chi connectivity index (χ1v) is 10.3. The van der Waals surface area contributed by atoms with Gasteiger partial charge in [0.15, 0.2) is 5.69 Å². The van der Waals surface area contributed by atoms with E-state index in [1.807, 2.05) is 49.4 Å². The average molecular weight is 406 g/mol. The van der Waals surface area contributed by atoms with Gasteiger partial charge in [0, 0.05) is 13.2 Å². The van der Waals surface area contributed by atoms with Gasteiger partial charge in [-0.3, -0.25) is 4.79 Å². The van der Waals surface area contributed by atoms with Crippen LogP contribution in [0.4, 0.5) is 0 Å². The molecule has 4 rings (SSSR count). The van der Waals surface area contributed by atoms with Crippen molar-refractivity contribution in [2.75, 3.05) is 26.4 Å². The Hall–Kier alpha value is -3.03. The molecular formula is C23H26N4O3. The molecule has 0 radical (unpaired) electrons. The second-order valence-electron chi connectivity index (χ2n) is 7.31. The molecule has 156 valence electrons. The lowest BCUT2D eigenvalue weighted by Crippen LogP contribution is -2.29. The Bertz CT molecular complexity index is 964. The molecule has 1 aliphatic heterocycles. The highest BCUT2D eigenvalue weighted by atomic mass is 16.5. The smallest absolute Gasteiger partial charge is 0.273 e. The van der Waals surface area contributed by atoms with E-state index in [0.717, 1.165) is 36.3 Å². The zero-order valence-corrected chi connectivity index (χ0v) is 17.1. The van der Waals surface area contributed by atoms with Crippen LogP contribution in [0, 0.1) is 6.92 Å². The van der Waals surface area contributed by atoms with E-state index in [0.29, 0.717) is 31.1 Å². The zero-order valence-electron chi connectivity index (χ0n) is 17.1. The molecule has 1 aromatic heterocycles. The van der Waals surface area contributed by atoms with Crippen LogP contribution in [-0.2, 0) is 9.47 Å². The number of aromatic nitrogens is 3. The van der Waals surface area contributed by atoms with Gasteiger partial charge >= 0.3 is 0 Å². The molecule has 1 amide bonds. The van der Waals surface area contributed by atoms with Gasteiger partial charge in [0.1, 0.15) is 0 Å². The Kier molecular flexibility index (Phi) is 6.51. The maximum Gasteiger partial charge on any atom is 0.273 e. The van der Waals surface area contributed by atoms with E-state index in [1.54, 1.807) is 4.68 Å². The zero-order chi connectivity index (χ0) is 20.8. The largest absolute Gasteiger partial charge is 0.377 e. The summed E-state index contributed by atoms with van der Waals surface area (Å²) in [4.78, 5) is 12.5. The number of benzene rings is 2. The number of carbonyl (C=O) groups is 1. The van der Waals surface area contributed by atoms with E-state index in [-0.39, 0.29) is 12.0 Å². The fourth-order valence-corrected chi connectivity index (χ4v) is 3.52. The van der Waals surface area contributed by atoms with Crippen LogP contribution in [0.1, 0.15) is 29.0 Å². The lowest BCUT2D eigenvalue weighted by atomic mass is 10.1. The summed E-state index contributed by atoms with van der Waals surface area (Å²) in [6.45, 7) is 4.09. The minimum absolute atomic E-state index is 0.191. The molecule has 3 aromatic rings. The van der Waals surface area contributed by atoms with Crippen LogP contribution >= 0.6 is 0 Å². The van der Waals surface area contributed by atoms with Crippen LogP contribution in [0.25, 0.3) is 16.8 Å². The molecule has 7 nitrogen and oxygen atoms in total. The highest BCUT2D eigenvalue weighted by Gasteiger charge is 2.18. The second-order valence-corrected chi connectivity index (χ2v) is 7.31. The summed E-state index contributed by atoms with van der Waals surface area (Å²) in [5, 5.41) is 11.1. The normalized spacial score (nSPS) is 16.0. The molecule has 30 heavy (non-hydrogen) atoms. The topological polar surface area (TPSA) is 78.3 Å². The van der Waals surface area contributed by atoms with Gasteiger partial charge in [-0.05, 0) is 43.0 Å². The van der Waals surface area contributed by atoms with Gasteiger partial charge in [0.2, 0.25) is 0 Å². The number of carbonyl (C=O) groups excluding carboxylic acids is 1. The van der Waals surface area contributed by atoms with Gasteiger partial charge in [-0.15, -0.1) is 5.10 Å². The summed E-state index contributed by atoms with van der Waals surface area (Å²) in [6.07, 6.45) is 2.33. The van der Waals surface area contributed by atoms with Crippen LogP contribution in [0.2, 0.25) is 0 Å². The molecule has 1 N–H and O–H groups in total. The third-order valence-electron chi connectivity index (χ3n) is 5.19. The van der Waals surface area contributed by atoms with E-state index >= 15 is 0 Å². The van der Waals surface area contributed by atoms with E-state index in [4.69, 9.17) is 9.47 Å². The fraction of sp³-hybridized carbons (Fsp3) is 0.348. The monoisotopic (exact) mass is 406 g/mol. The Morgan fingerprint density at radius 1 is 1.17 bits per heavy atom. The van der Waals surface area contributed by atoms with Gasteiger partial charge in [-0.25, -0.2) is 4.68 Å². The van der Waals surface area contributed by atoms with Crippen molar-refractivity contribution in [1.29, 1.82) is 0 Å². The van der Waals surface area contributed by atoms with Gasteiger partial charge in [0.25, 0.3) is 5.91 Å². The quantitative estimate of drug-likeness (QED) is 0.582. The first-order valence-electron chi connectivity index (χ1n) is 10.3. The molecule has 1 aliphatic rings. The molecule has 2 aromatic carbocycles. The molecule has 0 spiro atoms. The van der Waals surface area contributed by atoms with Crippen LogP contribution in [0.5, 0.6) is 0 Å². The van der Waals surface area contributed by atoms with Crippen molar-refractivity contribution in [3.05, 3.63) is 66.0 Å². The summed E-state index contributed by atoms with van der Waals surface area (Å²) in [6, 6.07) is 18.2. The minimum Gasteiger partial charge on any atom is -0.377 e. The molecule has 2 heterocycles. The van der Waals surface area contributed by atoms with Crippen molar-refractivity contribution in [2.24, 2.45) is 0 Å². The SMILES string of the molecule is Cc1c(C(=O)NCCOCC2CCCO2)nnn1-c1ccc(-c2ccccc2)cc1. The molecule has 1 saturated heterocycles. The lowest BCUT2D eigenvalue weighted by Gasteiger charge is -2.10. The summed E-state index contributed by atoms with van der Waals surface area (Å²) in [5.41, 5.74) is 4.15. The van der Waals surface area contributed by atoms with Crippen molar-refractivity contribution in [3.63, 3.8) is 0 Å². The summed E-state index contributed by atoms with van der Waals surface area (Å²) in [7, 11) is 0. The Morgan fingerprint density at radius 3 is 2.67 bits per heavy atom. The van der Waals surface area contributed by atoms with Crippen molar-refractivity contribution in [2.45, 2.75) is 25.9 Å². The van der Waals surface area contributed by atoms with Crippen LogP contribution in [0.3, 0.4) is 0 Å². The first kappa shape index (κ1) is 20.3. The number of nitrogens with zero attached hydrogens (tertiary/aromatic N) is 3. The Morgan fingerprint density at radius 2 is 1.93 bits per heavy atom. The average Bonchev–Trinajstić information content (AvgIpc) is 3.44. The minimum atomic E-state index is -0.250. The molecule has 1 fully saturated rings. The summed E-state index contributed by atoms with van der Waals surface area (Å²) in [5.74, 6) is -0.250. The number of ether oxygens (including phenoxy) is 2. The molecule has 1 unspecified atom stereocenters. The molecule has 0 saturated carbocycles. The van der Waals surface area contributed by atoms with Crippen molar-refractivity contribution in [1.82, 2.24) is 20.3 Å². The third kappa shape index (κ3) is 4.75. The number of hydrogen-bond acceptors (Lipinski definition) is 5. The number of amides is 1. The Balaban J connectivity index is 1.33. The van der Waals surface area contributed by atoms with E-state index in [1.165, 1.54) is 0 Å². The molecule has 7 heteroatoms. The molecule has 1 atom stereocenters. The predicted molar refractivity (Wildman–Crippen MR) is 114 cm³/mol. The third-order valence-corrected chi connectivity index (χ3v) is 5.19. The molecule has 0 aliphatic carbocycles. The summed E-state index contributed by atoms with van der Waals surface area (Å²) >= 11 is 0. The lowest BCUT2D eigenvalue weighted by molar-refractivity contribution is 0.0183. The maximum atomic E-state index is 12.5. The van der Waals surface area contributed by atoms with Crippen molar-refractivity contribution in [3.8, 4) is 16.8 Å². The maximum absolute atomic E-state index is 12.5. The summed E-state index contributed by atoms with van der Waals surface area (Å²) < 4.78 is 12.8. The van der Waals surface area contributed by atoms with E-state index in [2.05, 4.69) is 27.8 Å². The van der Waals surface area contributed by atoms with Gasteiger partial charge in [-0.2, -0.15) is 0 Å². The van der Waals surface area contributed by atoms with Crippen LogP contribution in [0.15, 0.2) is 54.6 Å². The van der Waals surface area contributed by atoms with E-state index in [9.17, 15) is 4.79 Å². The van der Waals surface area contributed by atoms with Crippen molar-refractivity contribution < 1.29 is 14.3 Å².